The van der Waals surface area contributed by atoms with Crippen molar-refractivity contribution < 1.29 is 9.63 Å². The van der Waals surface area contributed by atoms with Crippen molar-refractivity contribution in [2.24, 2.45) is 0 Å². The monoisotopic (exact) mass is 302 g/mol. The average Bonchev–Trinajstić information content (AvgIpc) is 3.08. The van der Waals surface area contributed by atoms with Crippen molar-refractivity contribution in [1.82, 2.24) is 15.1 Å². The second-order valence-electron chi connectivity index (χ2n) is 4.56. The Hall–Kier alpha value is -2.41. The molecule has 0 saturated heterocycles. The van der Waals surface area contributed by atoms with Gasteiger partial charge in [0.05, 0.1) is 13.0 Å². The molecule has 0 radical (unpaired) electrons. The van der Waals surface area contributed by atoms with E-state index in [1.807, 2.05) is 12.3 Å². The molecule has 0 amide bonds. The average molecular weight is 302 g/mol. The van der Waals surface area contributed by atoms with Crippen LogP contribution in [0.5, 0.6) is 5.75 Å². The van der Waals surface area contributed by atoms with Crippen LogP contribution < -0.4 is 5.32 Å². The fourth-order valence-corrected chi connectivity index (χ4v) is 2.58. The summed E-state index contributed by atoms with van der Waals surface area (Å²) in [7, 11) is 0. The molecule has 0 saturated carbocycles. The van der Waals surface area contributed by atoms with Gasteiger partial charge in [0.15, 0.2) is 5.82 Å². The first-order valence-corrected chi connectivity index (χ1v) is 7.32. The SMILES string of the molecule is Cc1csc(Cc2noc(CNc3ccc(O)cc3)n2)n1. The highest BCUT2D eigenvalue weighted by atomic mass is 32.1. The molecule has 0 bridgehead atoms. The van der Waals surface area contributed by atoms with E-state index in [4.69, 9.17) is 4.52 Å². The van der Waals surface area contributed by atoms with Gasteiger partial charge in [-0.25, -0.2) is 4.98 Å². The maximum absolute atomic E-state index is 9.21. The first-order valence-electron chi connectivity index (χ1n) is 6.44. The number of rotatable bonds is 5. The van der Waals surface area contributed by atoms with Crippen LogP contribution in [0.4, 0.5) is 5.69 Å². The Morgan fingerprint density at radius 3 is 2.76 bits per heavy atom. The molecule has 7 heteroatoms. The van der Waals surface area contributed by atoms with Crippen molar-refractivity contribution in [2.45, 2.75) is 19.9 Å². The molecule has 1 aromatic carbocycles. The number of aromatic hydroxyl groups is 1. The zero-order valence-electron chi connectivity index (χ0n) is 11.4. The van der Waals surface area contributed by atoms with Gasteiger partial charge < -0.3 is 14.9 Å². The molecule has 21 heavy (non-hydrogen) atoms. The second-order valence-corrected chi connectivity index (χ2v) is 5.51. The van der Waals surface area contributed by atoms with Gasteiger partial charge in [0, 0.05) is 16.8 Å². The summed E-state index contributed by atoms with van der Waals surface area (Å²) in [6, 6.07) is 6.80. The van der Waals surface area contributed by atoms with Crippen LogP contribution in [-0.4, -0.2) is 20.2 Å². The highest BCUT2D eigenvalue weighted by Gasteiger charge is 2.09. The van der Waals surface area contributed by atoms with Gasteiger partial charge in [0.1, 0.15) is 10.8 Å². The third-order valence-corrected chi connectivity index (χ3v) is 3.76. The van der Waals surface area contributed by atoms with Crippen molar-refractivity contribution in [3.8, 4) is 5.75 Å². The van der Waals surface area contributed by atoms with Crippen LogP contribution in [0.25, 0.3) is 0 Å². The lowest BCUT2D eigenvalue weighted by molar-refractivity contribution is 0.378. The molecule has 0 aliphatic carbocycles. The molecule has 108 valence electrons. The van der Waals surface area contributed by atoms with Crippen LogP contribution in [-0.2, 0) is 13.0 Å². The van der Waals surface area contributed by atoms with Crippen molar-refractivity contribution >= 4 is 17.0 Å². The molecule has 3 aromatic rings. The standard InChI is InChI=1S/C14H14N4O2S/c1-9-8-21-14(16-9)6-12-17-13(20-18-12)7-15-10-2-4-11(19)5-3-10/h2-5,8,15,19H,6-7H2,1H3. The third-order valence-electron chi connectivity index (χ3n) is 2.80. The van der Waals surface area contributed by atoms with E-state index >= 15 is 0 Å². The fourth-order valence-electron chi connectivity index (χ4n) is 1.81. The zero-order valence-corrected chi connectivity index (χ0v) is 12.2. The molecule has 2 N–H and O–H groups in total. The normalized spacial score (nSPS) is 10.7. The van der Waals surface area contributed by atoms with Crippen LogP contribution in [0, 0.1) is 6.92 Å². The number of aromatic nitrogens is 3. The fraction of sp³-hybridized carbons (Fsp3) is 0.214. The van der Waals surface area contributed by atoms with Crippen molar-refractivity contribution in [3.05, 3.63) is 52.1 Å². The Labute approximate surface area is 125 Å². The van der Waals surface area contributed by atoms with Crippen LogP contribution >= 0.6 is 11.3 Å². The van der Waals surface area contributed by atoms with Crippen LogP contribution in [0.1, 0.15) is 22.4 Å². The minimum absolute atomic E-state index is 0.236. The maximum atomic E-state index is 9.21. The summed E-state index contributed by atoms with van der Waals surface area (Å²) in [6.45, 7) is 2.40. The summed E-state index contributed by atoms with van der Waals surface area (Å²) in [5.74, 6) is 1.39. The summed E-state index contributed by atoms with van der Waals surface area (Å²) in [5.41, 5.74) is 1.89. The summed E-state index contributed by atoms with van der Waals surface area (Å²) in [4.78, 5) is 8.70. The van der Waals surface area contributed by atoms with E-state index in [0.717, 1.165) is 16.4 Å². The van der Waals surface area contributed by atoms with Gasteiger partial charge in [-0.2, -0.15) is 4.98 Å². The number of thiazole rings is 1. The third kappa shape index (κ3) is 3.57. The molecular formula is C14H14N4O2S. The van der Waals surface area contributed by atoms with Gasteiger partial charge in [-0.15, -0.1) is 11.3 Å². The lowest BCUT2D eigenvalue weighted by Gasteiger charge is -2.02. The van der Waals surface area contributed by atoms with Gasteiger partial charge in [0.25, 0.3) is 0 Å². The van der Waals surface area contributed by atoms with Crippen LogP contribution in [0.15, 0.2) is 34.2 Å². The summed E-state index contributed by atoms with van der Waals surface area (Å²) >= 11 is 1.59. The van der Waals surface area contributed by atoms with Gasteiger partial charge in [0.2, 0.25) is 5.89 Å². The zero-order chi connectivity index (χ0) is 14.7. The number of phenolic OH excluding ortho intramolecular Hbond substituents is 1. The number of benzene rings is 1. The number of nitrogens with zero attached hydrogens (tertiary/aromatic N) is 3. The van der Waals surface area contributed by atoms with E-state index in [2.05, 4.69) is 20.4 Å². The minimum atomic E-state index is 0.236. The first kappa shape index (κ1) is 13.6. The molecule has 3 rings (SSSR count). The van der Waals surface area contributed by atoms with E-state index in [1.54, 1.807) is 35.6 Å². The second kappa shape index (κ2) is 5.92. The molecule has 0 unspecified atom stereocenters. The predicted octanol–water partition coefficient (Wildman–Crippen LogP) is 2.74. The molecular weight excluding hydrogens is 288 g/mol. The largest absolute Gasteiger partial charge is 0.508 e. The molecule has 6 nitrogen and oxygen atoms in total. The number of hydrogen-bond acceptors (Lipinski definition) is 7. The Bertz CT molecular complexity index is 721. The lowest BCUT2D eigenvalue weighted by atomic mass is 10.3. The molecule has 0 aliphatic heterocycles. The highest BCUT2D eigenvalue weighted by Crippen LogP contribution is 2.15. The quantitative estimate of drug-likeness (QED) is 0.705. The van der Waals surface area contributed by atoms with Gasteiger partial charge in [-0.1, -0.05) is 5.16 Å². The van der Waals surface area contributed by atoms with E-state index < -0.39 is 0 Å². The van der Waals surface area contributed by atoms with E-state index in [0.29, 0.717) is 24.7 Å². The predicted molar refractivity (Wildman–Crippen MR) is 79.4 cm³/mol. The van der Waals surface area contributed by atoms with E-state index in [1.165, 1.54) is 0 Å². The van der Waals surface area contributed by atoms with Gasteiger partial charge >= 0.3 is 0 Å². The molecule has 0 aliphatic rings. The molecule has 2 heterocycles. The van der Waals surface area contributed by atoms with Crippen molar-refractivity contribution in [3.63, 3.8) is 0 Å². The molecule has 0 spiro atoms. The maximum Gasteiger partial charge on any atom is 0.245 e. The van der Waals surface area contributed by atoms with Crippen LogP contribution in [0.2, 0.25) is 0 Å². The Balaban J connectivity index is 1.58. The van der Waals surface area contributed by atoms with E-state index in [-0.39, 0.29) is 5.75 Å². The van der Waals surface area contributed by atoms with E-state index in [9.17, 15) is 5.11 Å². The molecule has 0 fully saturated rings. The Morgan fingerprint density at radius 2 is 2.05 bits per heavy atom. The van der Waals surface area contributed by atoms with Gasteiger partial charge in [-0.3, -0.25) is 0 Å². The lowest BCUT2D eigenvalue weighted by Crippen LogP contribution is -1.99. The Morgan fingerprint density at radius 1 is 1.24 bits per heavy atom. The van der Waals surface area contributed by atoms with Crippen LogP contribution in [0.3, 0.4) is 0 Å². The summed E-state index contributed by atoms with van der Waals surface area (Å²) in [5, 5.41) is 19.3. The van der Waals surface area contributed by atoms with Crippen molar-refractivity contribution in [1.29, 1.82) is 0 Å². The van der Waals surface area contributed by atoms with Gasteiger partial charge in [-0.05, 0) is 31.2 Å². The minimum Gasteiger partial charge on any atom is -0.508 e. The molecule has 2 aromatic heterocycles. The highest BCUT2D eigenvalue weighted by molar-refractivity contribution is 7.09. The number of aryl methyl sites for hydroxylation is 1. The number of phenols is 1. The van der Waals surface area contributed by atoms with Crippen molar-refractivity contribution in [2.75, 3.05) is 5.32 Å². The molecule has 0 atom stereocenters. The summed E-state index contributed by atoms with van der Waals surface area (Å²) in [6.07, 6.45) is 0.585. The first-order chi connectivity index (χ1) is 10.2. The smallest absolute Gasteiger partial charge is 0.245 e. The number of anilines is 1. The number of hydrogen-bond donors (Lipinski definition) is 2. The number of nitrogens with one attached hydrogen (secondary N) is 1. The Kier molecular flexibility index (Phi) is 3.83. The topological polar surface area (TPSA) is 84.1 Å². The summed E-state index contributed by atoms with van der Waals surface area (Å²) < 4.78 is 5.19.